The van der Waals surface area contributed by atoms with Gasteiger partial charge in [0.15, 0.2) is 11.6 Å². The molecule has 0 atom stereocenters. The summed E-state index contributed by atoms with van der Waals surface area (Å²) in [5.41, 5.74) is 4.04. The summed E-state index contributed by atoms with van der Waals surface area (Å²) in [4.78, 5) is 17.8. The molecule has 6 heteroatoms. The summed E-state index contributed by atoms with van der Waals surface area (Å²) in [6.45, 7) is 1.94. The molecule has 0 aliphatic heterocycles. The zero-order valence-electron chi connectivity index (χ0n) is 13.2. The molecule has 0 unspecified atom stereocenters. The molecule has 0 aromatic carbocycles. The Kier molecular flexibility index (Phi) is 3.98. The molecule has 5 nitrogen and oxygen atoms in total. The highest BCUT2D eigenvalue weighted by atomic mass is 79.9. The number of hydrogen-bond acceptors (Lipinski definition) is 5. The van der Waals surface area contributed by atoms with Crippen molar-refractivity contribution in [1.29, 1.82) is 0 Å². The lowest BCUT2D eigenvalue weighted by Gasteiger charge is -2.12. The van der Waals surface area contributed by atoms with Crippen LogP contribution in [0.25, 0.3) is 11.4 Å². The van der Waals surface area contributed by atoms with E-state index in [0.717, 1.165) is 41.8 Å². The normalized spacial score (nSPS) is 12.9. The van der Waals surface area contributed by atoms with Gasteiger partial charge in [0.1, 0.15) is 4.60 Å². The molecule has 0 bridgehead atoms. The number of aryl methyl sites for hydroxylation is 2. The van der Waals surface area contributed by atoms with Gasteiger partial charge in [0, 0.05) is 29.2 Å². The molecule has 120 valence electrons. The summed E-state index contributed by atoms with van der Waals surface area (Å²) in [5.74, 6) is 1.95. The molecule has 0 saturated heterocycles. The van der Waals surface area contributed by atoms with Crippen LogP contribution in [-0.4, -0.2) is 19.9 Å². The van der Waals surface area contributed by atoms with Gasteiger partial charge in [0.05, 0.1) is 5.69 Å². The summed E-state index contributed by atoms with van der Waals surface area (Å²) < 4.78 is 6.77. The van der Waals surface area contributed by atoms with Gasteiger partial charge in [-0.3, -0.25) is 4.98 Å². The number of rotatable bonds is 3. The molecule has 1 aliphatic rings. The van der Waals surface area contributed by atoms with Gasteiger partial charge in [-0.15, -0.1) is 0 Å². The van der Waals surface area contributed by atoms with Crippen molar-refractivity contribution in [2.75, 3.05) is 0 Å². The Balaban J connectivity index is 1.78. The van der Waals surface area contributed by atoms with E-state index in [2.05, 4.69) is 30.9 Å². The zero-order valence-corrected chi connectivity index (χ0v) is 14.7. The van der Waals surface area contributed by atoms with E-state index >= 15 is 0 Å². The number of fused-ring (bicyclic) bond motifs is 1. The van der Waals surface area contributed by atoms with Crippen molar-refractivity contribution >= 4 is 15.9 Å². The fraction of sp³-hybridized carbons (Fsp3) is 0.222. The smallest absolute Gasteiger partial charge is 0.226 e. The lowest BCUT2D eigenvalue weighted by molar-refractivity contribution is 0.450. The Hall–Kier alpha value is -2.34. The number of hydrogen-bond donors (Lipinski definition) is 0. The van der Waals surface area contributed by atoms with Crippen LogP contribution in [0.1, 0.15) is 23.4 Å². The minimum atomic E-state index is 0.621. The van der Waals surface area contributed by atoms with E-state index in [1.165, 1.54) is 0 Å². The molecule has 0 N–H and O–H groups in total. The third-order valence-electron chi connectivity index (χ3n) is 3.99. The first-order chi connectivity index (χ1) is 11.7. The lowest BCUT2D eigenvalue weighted by atomic mass is 10.2. The summed E-state index contributed by atoms with van der Waals surface area (Å²) in [6, 6.07) is 7.64. The number of nitrogens with zero attached hydrogens (tertiary/aromatic N) is 4. The summed E-state index contributed by atoms with van der Waals surface area (Å²) >= 11 is 3.46. The molecule has 0 spiro atoms. The Labute approximate surface area is 148 Å². The van der Waals surface area contributed by atoms with Gasteiger partial charge in [0.2, 0.25) is 5.88 Å². The van der Waals surface area contributed by atoms with Crippen LogP contribution in [0.2, 0.25) is 0 Å². The molecule has 0 fully saturated rings. The second-order valence-electron chi connectivity index (χ2n) is 5.71. The highest BCUT2D eigenvalue weighted by molar-refractivity contribution is 9.10. The topological polar surface area (TPSA) is 60.8 Å². The van der Waals surface area contributed by atoms with Gasteiger partial charge in [-0.25, -0.2) is 9.97 Å². The number of halogens is 1. The van der Waals surface area contributed by atoms with Crippen LogP contribution in [0, 0.1) is 6.92 Å². The Morgan fingerprint density at radius 2 is 1.83 bits per heavy atom. The van der Waals surface area contributed by atoms with Crippen LogP contribution in [0.15, 0.2) is 41.3 Å². The van der Waals surface area contributed by atoms with Crippen LogP contribution < -0.4 is 4.74 Å². The summed E-state index contributed by atoms with van der Waals surface area (Å²) in [7, 11) is 0. The van der Waals surface area contributed by atoms with Crippen molar-refractivity contribution in [3.8, 4) is 23.0 Å². The van der Waals surface area contributed by atoms with Gasteiger partial charge >= 0.3 is 0 Å². The van der Waals surface area contributed by atoms with E-state index in [-0.39, 0.29) is 0 Å². The minimum Gasteiger partial charge on any atom is -0.436 e. The Morgan fingerprint density at radius 3 is 2.62 bits per heavy atom. The molecule has 3 heterocycles. The molecule has 0 saturated carbocycles. The third-order valence-corrected chi connectivity index (χ3v) is 4.56. The molecule has 0 radical (unpaired) electrons. The van der Waals surface area contributed by atoms with Gasteiger partial charge < -0.3 is 4.74 Å². The van der Waals surface area contributed by atoms with E-state index in [9.17, 15) is 0 Å². The Morgan fingerprint density at radius 1 is 1.00 bits per heavy atom. The SMILES string of the molecule is Cc1ccc(Oc2nc(-c3ccncc3)nc3c2CCC3)c(Br)n1. The first kappa shape index (κ1) is 15.2. The molecule has 3 aromatic rings. The number of pyridine rings is 2. The maximum absolute atomic E-state index is 6.09. The lowest BCUT2D eigenvalue weighted by Crippen LogP contribution is -2.01. The minimum absolute atomic E-state index is 0.621. The first-order valence-corrected chi connectivity index (χ1v) is 8.61. The van der Waals surface area contributed by atoms with Crippen LogP contribution in [0.3, 0.4) is 0 Å². The summed E-state index contributed by atoms with van der Waals surface area (Å²) in [5, 5.41) is 0. The van der Waals surface area contributed by atoms with Crippen LogP contribution in [0.5, 0.6) is 11.6 Å². The quantitative estimate of drug-likeness (QED) is 0.632. The fourth-order valence-electron chi connectivity index (χ4n) is 2.81. The monoisotopic (exact) mass is 382 g/mol. The van der Waals surface area contributed by atoms with Crippen molar-refractivity contribution in [3.63, 3.8) is 0 Å². The average molecular weight is 383 g/mol. The van der Waals surface area contributed by atoms with E-state index in [4.69, 9.17) is 9.72 Å². The number of ether oxygens (including phenoxy) is 1. The standard InChI is InChI=1S/C18H15BrN4O/c1-11-5-6-15(16(19)21-11)24-18-13-3-2-4-14(13)22-17(23-18)12-7-9-20-10-8-12/h5-10H,2-4H2,1H3. The molecule has 4 rings (SSSR count). The largest absolute Gasteiger partial charge is 0.436 e. The zero-order chi connectivity index (χ0) is 16.5. The van der Waals surface area contributed by atoms with E-state index in [1.807, 2.05) is 31.2 Å². The molecular weight excluding hydrogens is 368 g/mol. The van der Waals surface area contributed by atoms with Crippen molar-refractivity contribution < 1.29 is 4.74 Å². The Bertz CT molecular complexity index is 899. The molecule has 3 aromatic heterocycles. The van der Waals surface area contributed by atoms with Crippen LogP contribution in [-0.2, 0) is 12.8 Å². The molecular formula is C18H15BrN4O. The van der Waals surface area contributed by atoms with Crippen LogP contribution >= 0.6 is 15.9 Å². The number of aromatic nitrogens is 4. The van der Waals surface area contributed by atoms with Crippen molar-refractivity contribution in [3.05, 3.63) is 58.2 Å². The van der Waals surface area contributed by atoms with Gasteiger partial charge in [-0.2, -0.15) is 4.98 Å². The van der Waals surface area contributed by atoms with E-state index in [0.29, 0.717) is 22.1 Å². The second kappa shape index (κ2) is 6.28. The predicted molar refractivity (Wildman–Crippen MR) is 94.0 cm³/mol. The van der Waals surface area contributed by atoms with Gasteiger partial charge in [-0.05, 0) is 66.4 Å². The fourth-order valence-corrected chi connectivity index (χ4v) is 3.30. The van der Waals surface area contributed by atoms with Crippen molar-refractivity contribution in [1.82, 2.24) is 19.9 Å². The maximum atomic E-state index is 6.09. The van der Waals surface area contributed by atoms with E-state index < -0.39 is 0 Å². The highest BCUT2D eigenvalue weighted by Crippen LogP contribution is 2.35. The van der Waals surface area contributed by atoms with Gasteiger partial charge in [0.25, 0.3) is 0 Å². The van der Waals surface area contributed by atoms with Crippen molar-refractivity contribution in [2.45, 2.75) is 26.2 Å². The molecule has 24 heavy (non-hydrogen) atoms. The average Bonchev–Trinajstić information content (AvgIpc) is 3.07. The van der Waals surface area contributed by atoms with Crippen molar-refractivity contribution in [2.24, 2.45) is 0 Å². The first-order valence-electron chi connectivity index (χ1n) is 7.82. The van der Waals surface area contributed by atoms with Gasteiger partial charge in [-0.1, -0.05) is 0 Å². The highest BCUT2D eigenvalue weighted by Gasteiger charge is 2.22. The molecule has 1 aliphatic carbocycles. The predicted octanol–water partition coefficient (Wildman–Crippen LogP) is 4.29. The summed E-state index contributed by atoms with van der Waals surface area (Å²) in [6.07, 6.45) is 6.46. The second-order valence-corrected chi connectivity index (χ2v) is 6.46. The van der Waals surface area contributed by atoms with Crippen LogP contribution in [0.4, 0.5) is 0 Å². The van der Waals surface area contributed by atoms with E-state index in [1.54, 1.807) is 12.4 Å². The molecule has 0 amide bonds. The maximum Gasteiger partial charge on any atom is 0.226 e. The third kappa shape index (κ3) is 2.89.